The van der Waals surface area contributed by atoms with Crippen LogP contribution in [0.4, 0.5) is 0 Å². The van der Waals surface area contributed by atoms with Crippen LogP contribution in [0.15, 0.2) is 29.8 Å². The second-order valence-corrected chi connectivity index (χ2v) is 19.0. The number of hydrogen-bond donors (Lipinski definition) is 3. The molecule has 11 unspecified atom stereocenters. The maximum Gasteiger partial charge on any atom is 0.246 e. The number of ketones is 1. The van der Waals surface area contributed by atoms with Crippen LogP contribution in [0.5, 0.6) is 0 Å². The molecule has 3 amide bonds. The van der Waals surface area contributed by atoms with Crippen LogP contribution in [0.3, 0.4) is 0 Å². The third-order valence-electron chi connectivity index (χ3n) is 13.1. The van der Waals surface area contributed by atoms with E-state index in [-0.39, 0.29) is 68.2 Å². The van der Waals surface area contributed by atoms with Crippen molar-refractivity contribution in [2.24, 2.45) is 29.1 Å². The predicted octanol–water partition coefficient (Wildman–Crippen LogP) is 5.22. The highest BCUT2D eigenvalue weighted by atomic mass is 32.1. The lowest BCUT2D eigenvalue weighted by Crippen LogP contribution is -2.70. The summed E-state index contributed by atoms with van der Waals surface area (Å²) in [5.41, 5.74) is 3.29. The number of fused-ring (bicyclic) bond motifs is 2. The van der Waals surface area contributed by atoms with Gasteiger partial charge in [-0.3, -0.25) is 19.2 Å². The number of amides is 3. The Labute approximate surface area is 333 Å². The lowest BCUT2D eigenvalue weighted by atomic mass is 9.57. The zero-order valence-corrected chi connectivity index (χ0v) is 34.5. The third kappa shape index (κ3) is 7.94. The number of benzene rings is 1. The summed E-state index contributed by atoms with van der Waals surface area (Å²) >= 11 is 1.57. The highest BCUT2D eigenvalue weighted by Gasteiger charge is 2.69. The minimum Gasteiger partial charge on any atom is -0.391 e. The Balaban J connectivity index is 0.937. The van der Waals surface area contributed by atoms with Gasteiger partial charge in [0.15, 0.2) is 11.9 Å². The fourth-order valence-corrected chi connectivity index (χ4v) is 10.6. The number of aliphatic hydroxyl groups excluding tert-OH is 1. The molecule has 6 aliphatic rings. The Hall–Kier alpha value is -3.27. The molecule has 6 heterocycles. The molecule has 1 aliphatic carbocycles. The lowest BCUT2D eigenvalue weighted by Gasteiger charge is -2.60. The summed E-state index contributed by atoms with van der Waals surface area (Å²) in [5.74, 6) is -1.50. The van der Waals surface area contributed by atoms with Crippen molar-refractivity contribution in [2.75, 3.05) is 6.54 Å². The van der Waals surface area contributed by atoms with E-state index in [0.29, 0.717) is 12.3 Å². The lowest BCUT2D eigenvalue weighted by molar-refractivity contribution is -0.570. The Kier molecular flexibility index (Phi) is 11.6. The summed E-state index contributed by atoms with van der Waals surface area (Å²) in [6.45, 7) is 14.0. The SMILES string of the molecule is Cc1ncsc1-c1ccc(CNC(=O)C2CC(O)CN2C(=O)C(NC(=O)CCC(=O)CC2OC3OC4(C)CCC5C(C)CCC(C2C)C35OO4)C(C)(C)C)cc1. The van der Waals surface area contributed by atoms with Crippen LogP contribution in [0.2, 0.25) is 0 Å². The van der Waals surface area contributed by atoms with E-state index in [2.05, 4.69) is 29.5 Å². The molecule has 56 heavy (non-hydrogen) atoms. The maximum absolute atomic E-state index is 14.1. The van der Waals surface area contributed by atoms with E-state index >= 15 is 0 Å². The van der Waals surface area contributed by atoms with Gasteiger partial charge in [0.25, 0.3) is 0 Å². The number of ether oxygens (including phenoxy) is 2. The largest absolute Gasteiger partial charge is 0.391 e. The minimum atomic E-state index is -0.987. The van der Waals surface area contributed by atoms with Gasteiger partial charge in [-0.15, -0.1) is 11.3 Å². The number of nitrogens with zero attached hydrogens (tertiary/aromatic N) is 2. The number of thiazole rings is 1. The molecule has 5 saturated heterocycles. The Morgan fingerprint density at radius 1 is 1.05 bits per heavy atom. The summed E-state index contributed by atoms with van der Waals surface area (Å²) in [4.78, 5) is 73.4. The Morgan fingerprint density at radius 3 is 2.50 bits per heavy atom. The van der Waals surface area contributed by atoms with Crippen LogP contribution in [-0.2, 0) is 45.0 Å². The van der Waals surface area contributed by atoms with Gasteiger partial charge in [-0.1, -0.05) is 58.9 Å². The number of carbonyl (C=O) groups excluding carboxylic acids is 4. The van der Waals surface area contributed by atoms with Crippen molar-refractivity contribution in [1.82, 2.24) is 20.5 Å². The predicted molar refractivity (Wildman–Crippen MR) is 207 cm³/mol. The average molecular weight is 795 g/mol. The molecule has 1 saturated carbocycles. The monoisotopic (exact) mass is 794 g/mol. The topological polar surface area (TPSA) is 166 Å². The highest BCUT2D eigenvalue weighted by Crippen LogP contribution is 2.60. The van der Waals surface area contributed by atoms with E-state index in [0.717, 1.165) is 41.0 Å². The quantitative estimate of drug-likeness (QED) is 0.257. The van der Waals surface area contributed by atoms with Crippen molar-refractivity contribution in [3.63, 3.8) is 0 Å². The number of aromatic nitrogens is 1. The standard InChI is InChI=1S/C42H58N4O9S/c1-23-8-14-31-24(2)33(52-39-42(31)30(23)16-17-41(7,53-39)54-55-42)19-28(47)13-15-34(49)45-36(40(4,5)6)38(51)46-21-29(48)18-32(46)37(50)43-20-26-9-11-27(12-10-26)35-25(3)44-22-56-35/h9-12,22-24,29-33,36,39,48H,8,13-21H2,1-7H3,(H,43,50)(H,45,49). The van der Waals surface area contributed by atoms with E-state index in [1.807, 2.05) is 64.4 Å². The third-order valence-corrected chi connectivity index (χ3v) is 14.0. The molecule has 6 fully saturated rings. The fraction of sp³-hybridized carbons (Fsp3) is 0.690. The molecule has 2 aromatic rings. The molecule has 306 valence electrons. The van der Waals surface area contributed by atoms with E-state index in [9.17, 15) is 24.3 Å². The molecule has 8 rings (SSSR count). The van der Waals surface area contributed by atoms with Crippen LogP contribution >= 0.6 is 11.3 Å². The van der Waals surface area contributed by atoms with Gasteiger partial charge in [0.1, 0.15) is 17.9 Å². The number of likely N-dealkylation sites (tertiary alicyclic amines) is 1. The first kappa shape index (κ1) is 40.9. The fourth-order valence-electron chi connectivity index (χ4n) is 9.80. The first-order chi connectivity index (χ1) is 26.5. The molecule has 1 aromatic carbocycles. The second kappa shape index (κ2) is 15.8. The summed E-state index contributed by atoms with van der Waals surface area (Å²) in [7, 11) is 0. The number of aliphatic hydroxyl groups is 1. The van der Waals surface area contributed by atoms with Crippen molar-refractivity contribution in [3.05, 3.63) is 41.0 Å². The number of nitrogens with one attached hydrogen (secondary N) is 2. The van der Waals surface area contributed by atoms with Gasteiger partial charge >= 0.3 is 0 Å². The van der Waals surface area contributed by atoms with Gasteiger partial charge < -0.3 is 30.1 Å². The van der Waals surface area contributed by atoms with Crippen LogP contribution in [-0.4, -0.2) is 87.0 Å². The van der Waals surface area contributed by atoms with Gasteiger partial charge in [-0.2, -0.15) is 0 Å². The molecule has 1 aromatic heterocycles. The molecule has 2 bridgehead atoms. The van der Waals surface area contributed by atoms with Crippen molar-refractivity contribution >= 4 is 34.8 Å². The molecule has 5 aliphatic heterocycles. The zero-order valence-electron chi connectivity index (χ0n) is 33.7. The zero-order chi connectivity index (χ0) is 40.2. The smallest absolute Gasteiger partial charge is 0.246 e. The summed E-state index contributed by atoms with van der Waals surface area (Å²) in [6.07, 6.45) is 1.82. The van der Waals surface area contributed by atoms with Crippen molar-refractivity contribution in [3.8, 4) is 10.4 Å². The van der Waals surface area contributed by atoms with E-state index < -0.39 is 59.2 Å². The Morgan fingerprint density at radius 2 is 1.80 bits per heavy atom. The van der Waals surface area contributed by atoms with Crippen LogP contribution < -0.4 is 10.6 Å². The number of Topliss-reactive ketones (excluding diaryl/α,β-unsaturated/α-hetero) is 1. The van der Waals surface area contributed by atoms with Gasteiger partial charge in [-0.05, 0) is 67.4 Å². The van der Waals surface area contributed by atoms with Gasteiger partial charge in [0.05, 0.1) is 28.3 Å². The number of β-amino-alcohol motifs (C(OH)–C–C–N with tert-alkyl or cyclic N) is 1. The average Bonchev–Trinajstić information content (AvgIpc) is 3.69. The van der Waals surface area contributed by atoms with Crippen molar-refractivity contribution in [2.45, 2.75) is 148 Å². The van der Waals surface area contributed by atoms with Gasteiger partial charge in [0, 0.05) is 51.1 Å². The summed E-state index contributed by atoms with van der Waals surface area (Å²) in [6, 6.07) is 5.99. The second-order valence-electron chi connectivity index (χ2n) is 18.1. The van der Waals surface area contributed by atoms with Crippen LogP contribution in [0.25, 0.3) is 10.4 Å². The molecular formula is C42H58N4O9S. The van der Waals surface area contributed by atoms with Crippen molar-refractivity contribution in [1.29, 1.82) is 0 Å². The molecular weight excluding hydrogens is 737 g/mol. The van der Waals surface area contributed by atoms with E-state index in [1.165, 1.54) is 4.90 Å². The van der Waals surface area contributed by atoms with Crippen LogP contribution in [0, 0.1) is 36.0 Å². The molecule has 11 atom stereocenters. The number of hydrogen-bond acceptors (Lipinski definition) is 11. The maximum atomic E-state index is 14.1. The summed E-state index contributed by atoms with van der Waals surface area (Å²) in [5, 5.41) is 16.4. The minimum absolute atomic E-state index is 0.0107. The molecule has 1 spiro atoms. The molecule has 3 N–H and O–H groups in total. The molecule has 14 heteroatoms. The Bertz CT molecular complexity index is 1800. The van der Waals surface area contributed by atoms with Gasteiger partial charge in [-0.25, -0.2) is 14.8 Å². The molecule has 0 radical (unpaired) electrons. The van der Waals surface area contributed by atoms with E-state index in [4.69, 9.17) is 19.2 Å². The first-order valence-electron chi connectivity index (χ1n) is 20.3. The normalized spacial score (nSPS) is 34.3. The number of carbonyl (C=O) groups is 4. The van der Waals surface area contributed by atoms with E-state index in [1.54, 1.807) is 11.3 Å². The van der Waals surface area contributed by atoms with Gasteiger partial charge in [0.2, 0.25) is 23.5 Å². The number of aryl methyl sites for hydroxylation is 1. The highest BCUT2D eigenvalue weighted by molar-refractivity contribution is 7.13. The first-order valence-corrected chi connectivity index (χ1v) is 21.1. The summed E-state index contributed by atoms with van der Waals surface area (Å²) < 4.78 is 13.0. The van der Waals surface area contributed by atoms with Crippen LogP contribution in [0.1, 0.15) is 104 Å². The number of rotatable bonds is 11. The molecule has 13 nitrogen and oxygen atoms in total. The van der Waals surface area contributed by atoms with Crippen molar-refractivity contribution < 1.29 is 43.5 Å².